The highest BCUT2D eigenvalue weighted by Crippen LogP contribution is 2.17. The molecule has 0 bridgehead atoms. The molecule has 0 unspecified atom stereocenters. The van der Waals surface area contributed by atoms with Gasteiger partial charge in [0.1, 0.15) is 0 Å². The van der Waals surface area contributed by atoms with Gasteiger partial charge in [-0.1, -0.05) is 6.58 Å². The van der Waals surface area contributed by atoms with E-state index in [-0.39, 0.29) is 11.8 Å². The number of primary amides is 1. The maximum atomic E-state index is 11.0. The van der Waals surface area contributed by atoms with Gasteiger partial charge in [-0.05, 0) is 12.8 Å². The molecule has 66 valence electrons. The van der Waals surface area contributed by atoms with E-state index in [9.17, 15) is 9.59 Å². The number of nitrogens with one attached hydrogen (secondary N) is 1. The fraction of sp³-hybridized carbons (Fsp3) is 0.500. The molecule has 1 saturated heterocycles. The van der Waals surface area contributed by atoms with Gasteiger partial charge in [0.2, 0.25) is 11.8 Å². The van der Waals surface area contributed by atoms with E-state index in [2.05, 4.69) is 11.9 Å². The summed E-state index contributed by atoms with van der Waals surface area (Å²) in [6, 6.07) is 0. The standard InChI is InChI=1S/C8H12N2O2/c1-5(7(9)11)4-6-2-3-10-8(6)12/h6H,1-4H2,(H2,9,11)(H,10,12)/t6-/m1/s1. The minimum atomic E-state index is -0.519. The lowest BCUT2D eigenvalue weighted by Crippen LogP contribution is -2.22. The topological polar surface area (TPSA) is 72.2 Å². The van der Waals surface area contributed by atoms with Crippen LogP contribution in [0.1, 0.15) is 12.8 Å². The second-order valence-corrected chi connectivity index (χ2v) is 2.95. The molecule has 1 heterocycles. The van der Waals surface area contributed by atoms with Crippen molar-refractivity contribution in [3.63, 3.8) is 0 Å². The van der Waals surface area contributed by atoms with Gasteiger partial charge in [-0.15, -0.1) is 0 Å². The van der Waals surface area contributed by atoms with Crippen molar-refractivity contribution in [1.82, 2.24) is 5.32 Å². The van der Waals surface area contributed by atoms with Gasteiger partial charge in [0.15, 0.2) is 0 Å². The van der Waals surface area contributed by atoms with Crippen LogP contribution < -0.4 is 11.1 Å². The second kappa shape index (κ2) is 3.38. The van der Waals surface area contributed by atoms with Gasteiger partial charge in [0.25, 0.3) is 0 Å². The first-order valence-electron chi connectivity index (χ1n) is 3.86. The molecule has 4 nitrogen and oxygen atoms in total. The Bertz CT molecular complexity index is 235. The van der Waals surface area contributed by atoms with E-state index in [1.807, 2.05) is 0 Å². The van der Waals surface area contributed by atoms with Crippen molar-refractivity contribution in [2.24, 2.45) is 11.7 Å². The van der Waals surface area contributed by atoms with Crippen LogP contribution in [0.4, 0.5) is 0 Å². The SMILES string of the molecule is C=C(C[C@H]1CCNC1=O)C(N)=O. The Kier molecular flexibility index (Phi) is 2.47. The van der Waals surface area contributed by atoms with Crippen molar-refractivity contribution in [1.29, 1.82) is 0 Å². The van der Waals surface area contributed by atoms with Gasteiger partial charge >= 0.3 is 0 Å². The molecule has 1 atom stereocenters. The number of hydrogen-bond donors (Lipinski definition) is 2. The average molecular weight is 168 g/mol. The number of rotatable bonds is 3. The van der Waals surface area contributed by atoms with Crippen LogP contribution in [-0.2, 0) is 9.59 Å². The molecule has 0 aromatic rings. The van der Waals surface area contributed by atoms with Crippen LogP contribution in [0.2, 0.25) is 0 Å². The third-order valence-corrected chi connectivity index (χ3v) is 2.00. The molecule has 1 fully saturated rings. The summed E-state index contributed by atoms with van der Waals surface area (Å²) in [6.07, 6.45) is 1.16. The lowest BCUT2D eigenvalue weighted by molar-refractivity contribution is -0.122. The monoisotopic (exact) mass is 168 g/mol. The molecule has 0 aliphatic carbocycles. The summed E-state index contributed by atoms with van der Waals surface area (Å²) < 4.78 is 0. The Hall–Kier alpha value is -1.32. The zero-order chi connectivity index (χ0) is 9.14. The Morgan fingerprint density at radius 2 is 2.42 bits per heavy atom. The summed E-state index contributed by atoms with van der Waals surface area (Å²) in [5.74, 6) is -0.628. The molecule has 0 aromatic heterocycles. The van der Waals surface area contributed by atoms with Gasteiger partial charge in [0.05, 0.1) is 0 Å². The minimum absolute atomic E-state index is 0.00241. The highest BCUT2D eigenvalue weighted by atomic mass is 16.2. The van der Waals surface area contributed by atoms with E-state index >= 15 is 0 Å². The highest BCUT2D eigenvalue weighted by Gasteiger charge is 2.25. The summed E-state index contributed by atoms with van der Waals surface area (Å²) in [5, 5.41) is 2.68. The van der Waals surface area contributed by atoms with Crippen molar-refractivity contribution in [2.75, 3.05) is 6.54 Å². The maximum Gasteiger partial charge on any atom is 0.244 e. The molecule has 0 aromatic carbocycles. The number of carbonyl (C=O) groups is 2. The average Bonchev–Trinajstić information content (AvgIpc) is 2.36. The minimum Gasteiger partial charge on any atom is -0.366 e. The number of hydrogen-bond acceptors (Lipinski definition) is 2. The Balaban J connectivity index is 2.46. The van der Waals surface area contributed by atoms with Crippen molar-refractivity contribution in [3.8, 4) is 0 Å². The Morgan fingerprint density at radius 3 is 2.83 bits per heavy atom. The summed E-state index contributed by atoms with van der Waals surface area (Å²) >= 11 is 0. The third kappa shape index (κ3) is 1.84. The summed E-state index contributed by atoms with van der Waals surface area (Å²) in [6.45, 7) is 4.19. The molecule has 0 radical (unpaired) electrons. The summed E-state index contributed by atoms with van der Waals surface area (Å²) in [7, 11) is 0. The predicted octanol–water partition coefficient (Wildman–Crippen LogP) is -0.446. The molecule has 4 heteroatoms. The van der Waals surface area contributed by atoms with Crippen LogP contribution in [0.3, 0.4) is 0 Å². The maximum absolute atomic E-state index is 11.0. The first-order chi connectivity index (χ1) is 5.61. The van der Waals surface area contributed by atoms with Crippen molar-refractivity contribution >= 4 is 11.8 Å². The van der Waals surface area contributed by atoms with Crippen LogP contribution in [0.15, 0.2) is 12.2 Å². The lowest BCUT2D eigenvalue weighted by atomic mass is 9.99. The van der Waals surface area contributed by atoms with E-state index in [4.69, 9.17) is 5.73 Å². The van der Waals surface area contributed by atoms with Gasteiger partial charge < -0.3 is 11.1 Å². The molecule has 0 saturated carbocycles. The molecule has 0 spiro atoms. The van der Waals surface area contributed by atoms with Gasteiger partial charge in [-0.25, -0.2) is 0 Å². The first kappa shape index (κ1) is 8.77. The Labute approximate surface area is 70.8 Å². The normalized spacial score (nSPS) is 22.0. The van der Waals surface area contributed by atoms with Gasteiger partial charge in [-0.3, -0.25) is 9.59 Å². The van der Waals surface area contributed by atoms with E-state index < -0.39 is 5.91 Å². The van der Waals surface area contributed by atoms with Crippen molar-refractivity contribution < 1.29 is 9.59 Å². The number of carbonyl (C=O) groups excluding carboxylic acids is 2. The fourth-order valence-electron chi connectivity index (χ4n) is 1.24. The molecule has 2 amide bonds. The molecule has 1 rings (SSSR count). The van der Waals surface area contributed by atoms with Crippen LogP contribution in [-0.4, -0.2) is 18.4 Å². The number of amides is 2. The fourth-order valence-corrected chi connectivity index (χ4v) is 1.24. The molecular formula is C8H12N2O2. The van der Waals surface area contributed by atoms with Crippen LogP contribution in [0.5, 0.6) is 0 Å². The highest BCUT2D eigenvalue weighted by molar-refractivity contribution is 5.92. The second-order valence-electron chi connectivity index (χ2n) is 2.95. The van der Waals surface area contributed by atoms with Gasteiger partial charge in [-0.2, -0.15) is 0 Å². The van der Waals surface area contributed by atoms with E-state index in [1.54, 1.807) is 0 Å². The van der Waals surface area contributed by atoms with Crippen LogP contribution in [0.25, 0.3) is 0 Å². The first-order valence-corrected chi connectivity index (χ1v) is 3.86. The largest absolute Gasteiger partial charge is 0.366 e. The molecule has 1 aliphatic heterocycles. The zero-order valence-corrected chi connectivity index (χ0v) is 6.80. The predicted molar refractivity (Wildman–Crippen MR) is 44.1 cm³/mol. The van der Waals surface area contributed by atoms with Crippen molar-refractivity contribution in [2.45, 2.75) is 12.8 Å². The third-order valence-electron chi connectivity index (χ3n) is 2.00. The van der Waals surface area contributed by atoms with Gasteiger partial charge in [0, 0.05) is 18.0 Å². The molecular weight excluding hydrogens is 156 g/mol. The van der Waals surface area contributed by atoms with E-state index in [1.165, 1.54) is 0 Å². The summed E-state index contributed by atoms with van der Waals surface area (Å²) in [5.41, 5.74) is 5.32. The Morgan fingerprint density at radius 1 is 1.75 bits per heavy atom. The zero-order valence-electron chi connectivity index (χ0n) is 6.80. The molecule has 3 N–H and O–H groups in total. The van der Waals surface area contributed by atoms with Crippen LogP contribution >= 0.6 is 0 Å². The number of nitrogens with two attached hydrogens (primary N) is 1. The van der Waals surface area contributed by atoms with E-state index in [0.29, 0.717) is 18.5 Å². The smallest absolute Gasteiger partial charge is 0.244 e. The quantitative estimate of drug-likeness (QED) is 0.560. The van der Waals surface area contributed by atoms with Crippen molar-refractivity contribution in [3.05, 3.63) is 12.2 Å². The van der Waals surface area contributed by atoms with E-state index in [0.717, 1.165) is 6.42 Å². The van der Waals surface area contributed by atoms with Crippen LogP contribution in [0, 0.1) is 5.92 Å². The molecule has 1 aliphatic rings. The lowest BCUT2D eigenvalue weighted by Gasteiger charge is -2.05. The summed E-state index contributed by atoms with van der Waals surface area (Å²) in [4.78, 5) is 21.6. The molecule has 12 heavy (non-hydrogen) atoms.